The number of carbonyl (C=O) groups is 4. The second-order valence-electron chi connectivity index (χ2n) is 26.7. The van der Waals surface area contributed by atoms with Gasteiger partial charge in [0.1, 0.15) is 5.78 Å². The first-order valence-corrected chi connectivity index (χ1v) is 37.4. The summed E-state index contributed by atoms with van der Waals surface area (Å²) in [5.41, 5.74) is 0. The highest BCUT2D eigenvalue weighted by atomic mass is 16.4. The Labute approximate surface area is 512 Å². The molecule has 7 nitrogen and oxygen atoms in total. The third kappa shape index (κ3) is 58.5. The Kier molecular flexibility index (Phi) is 63.5. The number of hydrogen-bond donors (Lipinski definition) is 3. The van der Waals surface area contributed by atoms with Gasteiger partial charge < -0.3 is 20.5 Å². The summed E-state index contributed by atoms with van der Waals surface area (Å²) in [6.45, 7) is 12.0. The van der Waals surface area contributed by atoms with E-state index in [1.165, 1.54) is 315 Å². The van der Waals surface area contributed by atoms with Crippen LogP contribution in [-0.4, -0.2) is 41.8 Å². The molecule has 0 spiro atoms. The summed E-state index contributed by atoms with van der Waals surface area (Å²) < 4.78 is 0. The first-order chi connectivity index (χ1) is 40.2. The maximum absolute atomic E-state index is 12.7. The first kappa shape index (κ1) is 80.1. The highest BCUT2D eigenvalue weighted by Gasteiger charge is 2.22. The zero-order valence-electron chi connectivity index (χ0n) is 56.2. The molecule has 0 heterocycles. The molecule has 0 aromatic carbocycles. The number of ketones is 1. The van der Waals surface area contributed by atoms with Gasteiger partial charge in [0.05, 0.1) is 0 Å². The highest BCUT2D eigenvalue weighted by Crippen LogP contribution is 2.36. The lowest BCUT2D eigenvalue weighted by Gasteiger charge is -2.28. The molecule has 0 fully saturated rings. The minimum atomic E-state index is -0.659. The van der Waals surface area contributed by atoms with Gasteiger partial charge in [0.2, 0.25) is 11.8 Å². The summed E-state index contributed by atoms with van der Waals surface area (Å²) >= 11 is 0. The molecule has 3 N–H and O–H groups in total. The number of unbranched alkanes of at least 4 members (excludes halogenated alkanes) is 40. The van der Waals surface area contributed by atoms with E-state index in [0.29, 0.717) is 38.1 Å². The van der Waals surface area contributed by atoms with Gasteiger partial charge in [0.25, 0.3) is 0 Å². The molecule has 0 aliphatic carbocycles. The van der Waals surface area contributed by atoms with Crippen molar-refractivity contribution in [3.8, 4) is 0 Å². The number of aliphatic carboxylic acids is 1. The van der Waals surface area contributed by atoms with Crippen LogP contribution in [0.1, 0.15) is 420 Å². The van der Waals surface area contributed by atoms with Crippen molar-refractivity contribution < 1.29 is 24.3 Å². The number of carbonyl (C=O) groups excluding carboxylic acids is 3. The van der Waals surface area contributed by atoms with E-state index in [9.17, 15) is 19.2 Å². The second kappa shape index (κ2) is 65.1. The average molecular weight is 1160 g/mol. The number of carboxylic acids is 1. The lowest BCUT2D eigenvalue weighted by Crippen LogP contribution is -2.34. The molecule has 0 bridgehead atoms. The molecule has 0 radical (unpaired) electrons. The summed E-state index contributed by atoms with van der Waals surface area (Å²) in [7, 11) is 0. The van der Waals surface area contributed by atoms with Crippen molar-refractivity contribution in [3.05, 3.63) is 0 Å². The van der Waals surface area contributed by atoms with Crippen molar-refractivity contribution in [1.82, 2.24) is 10.6 Å². The van der Waals surface area contributed by atoms with Gasteiger partial charge in [0, 0.05) is 38.8 Å². The molecule has 0 rings (SSSR count). The Hall–Kier alpha value is -1.92. The van der Waals surface area contributed by atoms with Crippen LogP contribution >= 0.6 is 0 Å². The molecule has 4 atom stereocenters. The van der Waals surface area contributed by atoms with Crippen molar-refractivity contribution >= 4 is 23.6 Å². The maximum atomic E-state index is 12.7. The lowest BCUT2D eigenvalue weighted by molar-refractivity contribution is -0.137. The van der Waals surface area contributed by atoms with Crippen molar-refractivity contribution in [2.45, 2.75) is 420 Å². The van der Waals surface area contributed by atoms with Gasteiger partial charge in [-0.2, -0.15) is 0 Å². The quantitative estimate of drug-likeness (QED) is 0.0525. The molecular formula is C75H146N2O5. The van der Waals surface area contributed by atoms with E-state index in [0.717, 1.165) is 75.0 Å². The standard InChI is InChI=1S/C75H146N2O5/c1-6-10-14-18-31-43-55-69(59-47-35-23-22-30-42-54-68(5)78)70(56-44-32-19-15-11-7-2)60-48-36-24-27-39-51-63-73(79)76-66-67-77-74(80)64-52-40-28-25-37-49-61-71(57-45-33-20-16-12-8-3)72(58-46-34-21-17-13-9-4)62-50-38-26-29-41-53-65-75(81)82/h69-72H,6-67H2,1-5H3,(H,76,79)(H,77,80)(H,81,82). The molecule has 7 heteroatoms. The first-order valence-electron chi connectivity index (χ1n) is 37.4. The van der Waals surface area contributed by atoms with E-state index < -0.39 is 5.97 Å². The number of carboxylic acid groups (broad SMARTS) is 1. The third-order valence-electron chi connectivity index (χ3n) is 18.8. The van der Waals surface area contributed by atoms with Crippen molar-refractivity contribution in [2.24, 2.45) is 23.7 Å². The van der Waals surface area contributed by atoms with Gasteiger partial charge in [0.15, 0.2) is 0 Å². The van der Waals surface area contributed by atoms with Crippen LogP contribution in [0, 0.1) is 23.7 Å². The molecule has 0 aromatic heterocycles. The van der Waals surface area contributed by atoms with Crippen LogP contribution in [0.15, 0.2) is 0 Å². The molecule has 0 aliphatic rings. The zero-order chi connectivity index (χ0) is 59.9. The number of amides is 2. The maximum Gasteiger partial charge on any atom is 0.303 e. The van der Waals surface area contributed by atoms with E-state index in [-0.39, 0.29) is 11.8 Å². The predicted octanol–water partition coefficient (Wildman–Crippen LogP) is 23.8. The topological polar surface area (TPSA) is 113 Å². The predicted molar refractivity (Wildman–Crippen MR) is 358 cm³/mol. The summed E-state index contributed by atoms with van der Waals surface area (Å²) in [4.78, 5) is 47.6. The SMILES string of the molecule is CCCCCCCCC(CCCCCCCCC(C)=O)C(CCCCCCCC)CCCCCCCCC(=O)NCCNC(=O)CCCCCCCCC(CCCCCCCC)C(CCCCCCCC)CCCCCCCCC(=O)O. The number of nitrogens with one attached hydrogen (secondary N) is 2. The Balaban J connectivity index is 4.66. The van der Waals surface area contributed by atoms with E-state index in [1.807, 2.05) is 0 Å². The Bertz CT molecular complexity index is 1250. The summed E-state index contributed by atoms with van der Waals surface area (Å²) in [5, 5.41) is 15.1. The van der Waals surface area contributed by atoms with Crippen molar-refractivity contribution in [1.29, 1.82) is 0 Å². The number of rotatable bonds is 69. The Morgan fingerprint density at radius 1 is 0.256 bits per heavy atom. The number of Topliss-reactive ketones (excluding diaryl/α,β-unsaturated/α-hetero) is 1. The van der Waals surface area contributed by atoms with Crippen LogP contribution in [-0.2, 0) is 19.2 Å². The van der Waals surface area contributed by atoms with E-state index in [1.54, 1.807) is 6.92 Å². The largest absolute Gasteiger partial charge is 0.481 e. The normalized spacial score (nSPS) is 13.1. The Morgan fingerprint density at radius 2 is 0.439 bits per heavy atom. The van der Waals surface area contributed by atoms with Crippen LogP contribution in [0.3, 0.4) is 0 Å². The van der Waals surface area contributed by atoms with Gasteiger partial charge in [-0.15, -0.1) is 0 Å². The van der Waals surface area contributed by atoms with Gasteiger partial charge in [-0.3, -0.25) is 14.4 Å². The molecule has 4 unspecified atom stereocenters. The minimum absolute atomic E-state index is 0.119. The van der Waals surface area contributed by atoms with Crippen molar-refractivity contribution in [2.75, 3.05) is 13.1 Å². The third-order valence-corrected chi connectivity index (χ3v) is 18.8. The average Bonchev–Trinajstić information content (AvgIpc) is 3.46. The molecular weight excluding hydrogens is 1010 g/mol. The van der Waals surface area contributed by atoms with Crippen LogP contribution in [0.5, 0.6) is 0 Å². The molecule has 486 valence electrons. The fourth-order valence-corrected chi connectivity index (χ4v) is 13.5. The van der Waals surface area contributed by atoms with Crippen LogP contribution in [0.2, 0.25) is 0 Å². The molecule has 82 heavy (non-hydrogen) atoms. The monoisotopic (exact) mass is 1160 g/mol. The molecule has 0 aromatic rings. The van der Waals surface area contributed by atoms with Crippen LogP contribution < -0.4 is 10.6 Å². The highest BCUT2D eigenvalue weighted by molar-refractivity contribution is 5.77. The van der Waals surface area contributed by atoms with Gasteiger partial charge in [-0.25, -0.2) is 0 Å². The van der Waals surface area contributed by atoms with Crippen molar-refractivity contribution in [3.63, 3.8) is 0 Å². The second-order valence-corrected chi connectivity index (χ2v) is 26.7. The fourth-order valence-electron chi connectivity index (χ4n) is 13.5. The van der Waals surface area contributed by atoms with E-state index in [4.69, 9.17) is 5.11 Å². The van der Waals surface area contributed by atoms with Gasteiger partial charge in [-0.1, -0.05) is 362 Å². The minimum Gasteiger partial charge on any atom is -0.481 e. The molecule has 0 saturated carbocycles. The smallest absolute Gasteiger partial charge is 0.303 e. The van der Waals surface area contributed by atoms with E-state index >= 15 is 0 Å². The van der Waals surface area contributed by atoms with Crippen LogP contribution in [0.25, 0.3) is 0 Å². The molecule has 2 amide bonds. The lowest BCUT2D eigenvalue weighted by atomic mass is 9.78. The van der Waals surface area contributed by atoms with E-state index in [2.05, 4.69) is 38.3 Å². The fraction of sp³-hybridized carbons (Fsp3) is 0.947. The summed E-state index contributed by atoms with van der Waals surface area (Å²) in [5.74, 6) is 3.42. The van der Waals surface area contributed by atoms with Gasteiger partial charge in [-0.05, 0) is 56.3 Å². The zero-order valence-corrected chi connectivity index (χ0v) is 56.2. The summed E-state index contributed by atoms with van der Waals surface area (Å²) in [6, 6.07) is 0. The number of hydrogen-bond acceptors (Lipinski definition) is 4. The van der Waals surface area contributed by atoms with Gasteiger partial charge >= 0.3 is 5.97 Å². The summed E-state index contributed by atoms with van der Waals surface area (Å²) in [6.07, 6.45) is 75.9. The van der Waals surface area contributed by atoms with Crippen LogP contribution in [0.4, 0.5) is 0 Å². The Morgan fingerprint density at radius 3 is 0.646 bits per heavy atom. The molecule has 0 aliphatic heterocycles. The molecule has 0 saturated heterocycles.